The number of piperidine rings is 2. The highest BCUT2D eigenvalue weighted by Gasteiger charge is 2.35. The van der Waals surface area contributed by atoms with Crippen molar-refractivity contribution in [2.75, 3.05) is 52.9 Å². The number of carbonyl (C=O) groups excluding carboxylic acids is 2. The monoisotopic (exact) mass is 409 g/mol. The number of nitrogens with zero attached hydrogens (tertiary/aromatic N) is 3. The molecule has 3 heterocycles. The van der Waals surface area contributed by atoms with Gasteiger partial charge in [-0.1, -0.05) is 0 Å². The van der Waals surface area contributed by atoms with Crippen LogP contribution >= 0.6 is 0 Å². The van der Waals surface area contributed by atoms with Gasteiger partial charge in [-0.15, -0.1) is 0 Å². The number of hydrogen-bond acceptors (Lipinski definition) is 6. The lowest BCUT2D eigenvalue weighted by atomic mass is 9.86. The number of piperazine rings is 1. The molecule has 0 aliphatic carbocycles. The first-order valence-electron chi connectivity index (χ1n) is 11.2. The number of rotatable bonds is 4. The van der Waals surface area contributed by atoms with E-state index in [4.69, 9.17) is 9.47 Å². The first-order chi connectivity index (χ1) is 13.7. The lowest BCUT2D eigenvalue weighted by molar-refractivity contribution is -0.142. The number of esters is 1. The summed E-state index contributed by atoms with van der Waals surface area (Å²) in [5.74, 6) is 1.03. The molecule has 29 heavy (non-hydrogen) atoms. The van der Waals surface area contributed by atoms with E-state index in [0.717, 1.165) is 71.5 Å². The molecule has 0 bridgehead atoms. The molecule has 0 saturated carbocycles. The van der Waals surface area contributed by atoms with Gasteiger partial charge in [0.15, 0.2) is 0 Å². The standard InChI is InChI=1S/C22H39N3O4/c1-22(2,3)29-21(27)25-9-5-17(6-10-25)15-23-11-12-24-8-7-18(13-19(24)16-23)14-20(26)28-4/h17-19H,5-16H2,1-4H3/t18?,19-/m1/s1. The van der Waals surface area contributed by atoms with Crippen LogP contribution in [0.2, 0.25) is 0 Å². The summed E-state index contributed by atoms with van der Waals surface area (Å²) in [4.78, 5) is 31.0. The molecule has 0 aromatic heterocycles. The largest absolute Gasteiger partial charge is 0.469 e. The third kappa shape index (κ3) is 6.57. The molecule has 1 amide bonds. The molecule has 3 saturated heterocycles. The van der Waals surface area contributed by atoms with Crippen LogP contribution in [-0.2, 0) is 14.3 Å². The molecule has 0 radical (unpaired) electrons. The van der Waals surface area contributed by atoms with Gasteiger partial charge in [0.1, 0.15) is 5.60 Å². The first-order valence-corrected chi connectivity index (χ1v) is 11.2. The minimum Gasteiger partial charge on any atom is -0.469 e. The van der Waals surface area contributed by atoms with E-state index in [0.29, 0.717) is 24.3 Å². The smallest absolute Gasteiger partial charge is 0.410 e. The Kier molecular flexibility index (Phi) is 7.43. The van der Waals surface area contributed by atoms with Crippen molar-refractivity contribution < 1.29 is 19.1 Å². The number of amides is 1. The number of likely N-dealkylation sites (tertiary alicyclic amines) is 1. The Bertz CT molecular complexity index is 569. The summed E-state index contributed by atoms with van der Waals surface area (Å²) in [6.45, 7) is 12.9. The minimum absolute atomic E-state index is 0.0761. The van der Waals surface area contributed by atoms with Gasteiger partial charge in [0.05, 0.1) is 7.11 Å². The van der Waals surface area contributed by atoms with Crippen molar-refractivity contribution in [3.05, 3.63) is 0 Å². The van der Waals surface area contributed by atoms with Crippen molar-refractivity contribution in [3.8, 4) is 0 Å². The van der Waals surface area contributed by atoms with Crippen molar-refractivity contribution in [1.82, 2.24) is 14.7 Å². The summed E-state index contributed by atoms with van der Waals surface area (Å²) in [6, 6.07) is 0.564. The van der Waals surface area contributed by atoms with E-state index in [2.05, 4.69) is 9.80 Å². The molecule has 7 heteroatoms. The average Bonchev–Trinajstić information content (AvgIpc) is 2.67. The number of ether oxygens (including phenoxy) is 2. The molecule has 3 fully saturated rings. The van der Waals surface area contributed by atoms with Gasteiger partial charge in [0, 0.05) is 51.7 Å². The van der Waals surface area contributed by atoms with E-state index in [-0.39, 0.29) is 12.1 Å². The highest BCUT2D eigenvalue weighted by Crippen LogP contribution is 2.29. The fourth-order valence-corrected chi connectivity index (χ4v) is 4.99. The summed E-state index contributed by atoms with van der Waals surface area (Å²) in [7, 11) is 1.48. The summed E-state index contributed by atoms with van der Waals surface area (Å²) in [5.41, 5.74) is -0.431. The Balaban J connectivity index is 1.42. The zero-order chi connectivity index (χ0) is 21.0. The number of carbonyl (C=O) groups is 2. The quantitative estimate of drug-likeness (QED) is 0.665. The van der Waals surface area contributed by atoms with Gasteiger partial charge in [-0.05, 0) is 64.8 Å². The highest BCUT2D eigenvalue weighted by atomic mass is 16.6. The van der Waals surface area contributed by atoms with Crippen LogP contribution in [0.15, 0.2) is 0 Å². The van der Waals surface area contributed by atoms with E-state index in [1.54, 1.807) is 0 Å². The molecule has 3 aliphatic rings. The van der Waals surface area contributed by atoms with Crippen LogP contribution < -0.4 is 0 Å². The van der Waals surface area contributed by atoms with E-state index >= 15 is 0 Å². The van der Waals surface area contributed by atoms with Crippen molar-refractivity contribution >= 4 is 12.1 Å². The van der Waals surface area contributed by atoms with Crippen molar-refractivity contribution in [2.45, 2.75) is 64.5 Å². The molecular weight excluding hydrogens is 370 g/mol. The summed E-state index contributed by atoms with van der Waals surface area (Å²) in [6.07, 6.45) is 4.69. The third-order valence-electron chi connectivity index (χ3n) is 6.58. The number of fused-ring (bicyclic) bond motifs is 1. The van der Waals surface area contributed by atoms with E-state index in [9.17, 15) is 9.59 Å². The first kappa shape index (κ1) is 22.3. The molecule has 3 rings (SSSR count). The predicted octanol–water partition coefficient (Wildman–Crippen LogP) is 2.59. The zero-order valence-corrected chi connectivity index (χ0v) is 18.7. The molecule has 0 aromatic carbocycles. The van der Waals surface area contributed by atoms with Crippen LogP contribution in [0.1, 0.15) is 52.9 Å². The fourth-order valence-electron chi connectivity index (χ4n) is 4.99. The molecule has 1 unspecified atom stereocenters. The molecular formula is C22H39N3O4. The molecule has 7 nitrogen and oxygen atoms in total. The second kappa shape index (κ2) is 9.65. The lowest BCUT2D eigenvalue weighted by Gasteiger charge is -2.47. The Morgan fingerprint density at radius 2 is 1.66 bits per heavy atom. The van der Waals surface area contributed by atoms with Crippen LogP contribution in [-0.4, -0.2) is 91.3 Å². The molecule has 3 aliphatic heterocycles. The molecule has 0 aromatic rings. The van der Waals surface area contributed by atoms with Gasteiger partial charge in [0.2, 0.25) is 0 Å². The number of hydrogen-bond donors (Lipinski definition) is 0. The zero-order valence-electron chi connectivity index (χ0n) is 18.7. The van der Waals surface area contributed by atoms with Crippen molar-refractivity contribution in [3.63, 3.8) is 0 Å². The topological polar surface area (TPSA) is 62.3 Å². The summed E-state index contributed by atoms with van der Waals surface area (Å²) >= 11 is 0. The second-order valence-electron chi connectivity index (χ2n) is 10.0. The van der Waals surface area contributed by atoms with Crippen LogP contribution in [0, 0.1) is 11.8 Å². The third-order valence-corrected chi connectivity index (χ3v) is 6.58. The Labute approximate surface area is 175 Å². The Morgan fingerprint density at radius 1 is 0.966 bits per heavy atom. The summed E-state index contributed by atoms with van der Waals surface area (Å²) < 4.78 is 10.4. The van der Waals surface area contributed by atoms with Crippen LogP contribution in [0.3, 0.4) is 0 Å². The van der Waals surface area contributed by atoms with Gasteiger partial charge < -0.3 is 19.3 Å². The Morgan fingerprint density at radius 3 is 2.31 bits per heavy atom. The van der Waals surface area contributed by atoms with Gasteiger partial charge in [-0.3, -0.25) is 9.69 Å². The van der Waals surface area contributed by atoms with E-state index < -0.39 is 5.60 Å². The van der Waals surface area contributed by atoms with Crippen molar-refractivity contribution in [1.29, 1.82) is 0 Å². The van der Waals surface area contributed by atoms with Crippen LogP contribution in [0.5, 0.6) is 0 Å². The minimum atomic E-state index is -0.431. The van der Waals surface area contributed by atoms with Crippen LogP contribution in [0.25, 0.3) is 0 Å². The maximum Gasteiger partial charge on any atom is 0.410 e. The maximum absolute atomic E-state index is 12.3. The predicted molar refractivity (Wildman–Crippen MR) is 112 cm³/mol. The van der Waals surface area contributed by atoms with Gasteiger partial charge in [-0.25, -0.2) is 4.79 Å². The normalized spacial score (nSPS) is 27.4. The van der Waals surface area contributed by atoms with Gasteiger partial charge in [-0.2, -0.15) is 0 Å². The molecule has 2 atom stereocenters. The lowest BCUT2D eigenvalue weighted by Crippen LogP contribution is -2.57. The second-order valence-corrected chi connectivity index (χ2v) is 10.0. The van der Waals surface area contributed by atoms with E-state index in [1.165, 1.54) is 7.11 Å². The fraction of sp³-hybridized carbons (Fsp3) is 0.909. The van der Waals surface area contributed by atoms with Gasteiger partial charge in [0.25, 0.3) is 0 Å². The number of methoxy groups -OCH3 is 1. The Hall–Kier alpha value is -1.34. The maximum atomic E-state index is 12.3. The summed E-state index contributed by atoms with van der Waals surface area (Å²) in [5, 5.41) is 0. The van der Waals surface area contributed by atoms with E-state index in [1.807, 2.05) is 25.7 Å². The van der Waals surface area contributed by atoms with Crippen LogP contribution in [0.4, 0.5) is 4.79 Å². The molecule has 166 valence electrons. The SMILES string of the molecule is COC(=O)CC1CCN2CCN(CC3CCN(C(=O)OC(C)(C)C)CC3)C[C@H]2C1. The average molecular weight is 410 g/mol. The van der Waals surface area contributed by atoms with Crippen molar-refractivity contribution in [2.24, 2.45) is 11.8 Å². The highest BCUT2D eigenvalue weighted by molar-refractivity contribution is 5.69. The molecule has 0 spiro atoms. The van der Waals surface area contributed by atoms with Gasteiger partial charge >= 0.3 is 12.1 Å². The molecule has 0 N–H and O–H groups in total.